The molecule has 1 N–H and O–H groups in total. The van der Waals surface area contributed by atoms with Gasteiger partial charge in [-0.15, -0.1) is 5.11 Å². The molecule has 0 amide bonds. The number of carboxylic acids is 1. The zero-order valence-electron chi connectivity index (χ0n) is 7.85. The van der Waals surface area contributed by atoms with E-state index in [0.717, 1.165) is 11.3 Å². The highest BCUT2D eigenvalue weighted by molar-refractivity contribution is 6.05. The fourth-order valence-corrected chi connectivity index (χ4v) is 1.63. The van der Waals surface area contributed by atoms with Crippen molar-refractivity contribution >= 4 is 11.8 Å². The minimum atomic E-state index is -0.937. The second kappa shape index (κ2) is 2.87. The van der Waals surface area contributed by atoms with E-state index in [1.165, 1.54) is 6.20 Å². The van der Waals surface area contributed by atoms with Crippen molar-refractivity contribution in [1.82, 2.24) is 0 Å². The van der Waals surface area contributed by atoms with Crippen molar-refractivity contribution in [2.24, 2.45) is 21.1 Å². The summed E-state index contributed by atoms with van der Waals surface area (Å²) < 4.78 is 0. The quantitative estimate of drug-likeness (QED) is 0.685. The Kier molecular flexibility index (Phi) is 1.80. The van der Waals surface area contributed by atoms with Crippen LogP contribution in [-0.4, -0.2) is 16.9 Å². The number of azo groups is 1. The Balaban J connectivity index is 2.49. The van der Waals surface area contributed by atoms with Gasteiger partial charge in [-0.05, 0) is 6.92 Å². The van der Waals surface area contributed by atoms with Crippen molar-refractivity contribution in [2.75, 3.05) is 0 Å². The van der Waals surface area contributed by atoms with Crippen LogP contribution in [-0.2, 0) is 4.79 Å². The Morgan fingerprint density at radius 3 is 2.86 bits per heavy atom. The van der Waals surface area contributed by atoms with Gasteiger partial charge in [-0.3, -0.25) is 0 Å². The van der Waals surface area contributed by atoms with Gasteiger partial charge in [0.15, 0.2) is 5.84 Å². The maximum absolute atomic E-state index is 10.8. The van der Waals surface area contributed by atoms with Crippen LogP contribution in [0.5, 0.6) is 0 Å². The van der Waals surface area contributed by atoms with Gasteiger partial charge in [0.05, 0.1) is 11.3 Å². The molecule has 1 unspecified atom stereocenters. The third-order valence-electron chi connectivity index (χ3n) is 2.40. The standard InChI is InChI=1S/C9H9N3O2/c1-4-6(9(13)14)3-10-8-7(4)5(2)11-12-8/h3-4H,1-2H3,(H,13,14). The average molecular weight is 191 g/mol. The van der Waals surface area contributed by atoms with Crippen LogP contribution in [0.4, 0.5) is 0 Å². The largest absolute Gasteiger partial charge is 0.478 e. The number of allylic oxidation sites excluding steroid dienone is 1. The number of hydrogen-bond donors (Lipinski definition) is 1. The molecule has 2 aliphatic heterocycles. The SMILES string of the molecule is CC1=C2C(=NC=C(C(=O)O)C2C)N=N1. The van der Waals surface area contributed by atoms with E-state index in [1.54, 1.807) is 0 Å². The van der Waals surface area contributed by atoms with Crippen molar-refractivity contribution in [2.45, 2.75) is 13.8 Å². The van der Waals surface area contributed by atoms with Gasteiger partial charge in [0.25, 0.3) is 0 Å². The van der Waals surface area contributed by atoms with Crippen LogP contribution in [0.2, 0.25) is 0 Å². The van der Waals surface area contributed by atoms with Gasteiger partial charge in [0.2, 0.25) is 0 Å². The molecule has 0 radical (unpaired) electrons. The maximum atomic E-state index is 10.8. The van der Waals surface area contributed by atoms with Gasteiger partial charge in [0, 0.05) is 17.7 Å². The minimum Gasteiger partial charge on any atom is -0.478 e. The van der Waals surface area contributed by atoms with E-state index in [0.29, 0.717) is 5.84 Å². The summed E-state index contributed by atoms with van der Waals surface area (Å²) in [7, 11) is 0. The third-order valence-corrected chi connectivity index (χ3v) is 2.40. The summed E-state index contributed by atoms with van der Waals surface area (Å²) in [5, 5.41) is 16.6. The Hall–Kier alpha value is -1.78. The molecule has 0 aromatic carbocycles. The van der Waals surface area contributed by atoms with Crippen molar-refractivity contribution in [3.63, 3.8) is 0 Å². The second-order valence-electron chi connectivity index (χ2n) is 3.26. The number of nitrogens with zero attached hydrogens (tertiary/aromatic N) is 3. The molecule has 0 saturated heterocycles. The predicted molar refractivity (Wildman–Crippen MR) is 49.9 cm³/mol. The van der Waals surface area contributed by atoms with E-state index in [1.807, 2.05) is 13.8 Å². The van der Waals surface area contributed by atoms with Crippen LogP contribution in [0, 0.1) is 5.92 Å². The van der Waals surface area contributed by atoms with Crippen LogP contribution in [0.25, 0.3) is 0 Å². The molecule has 2 rings (SSSR count). The van der Waals surface area contributed by atoms with E-state index >= 15 is 0 Å². The van der Waals surface area contributed by atoms with E-state index in [2.05, 4.69) is 15.2 Å². The Morgan fingerprint density at radius 1 is 1.50 bits per heavy atom. The Labute approximate surface area is 80.6 Å². The number of carbonyl (C=O) groups is 1. The molecule has 14 heavy (non-hydrogen) atoms. The Bertz CT molecular complexity index is 429. The van der Waals surface area contributed by atoms with Gasteiger partial charge in [-0.25, -0.2) is 9.79 Å². The first-order valence-corrected chi connectivity index (χ1v) is 4.25. The summed E-state index contributed by atoms with van der Waals surface area (Å²) in [5.41, 5.74) is 1.86. The molecule has 0 aromatic heterocycles. The lowest BCUT2D eigenvalue weighted by Gasteiger charge is -2.16. The first-order valence-electron chi connectivity index (χ1n) is 4.25. The monoisotopic (exact) mass is 191 g/mol. The highest BCUT2D eigenvalue weighted by atomic mass is 16.4. The van der Waals surface area contributed by atoms with Gasteiger partial charge >= 0.3 is 5.97 Å². The van der Waals surface area contributed by atoms with Crippen LogP contribution in [0.15, 0.2) is 38.3 Å². The number of rotatable bonds is 1. The number of aliphatic carboxylic acids is 1. The molecule has 0 bridgehead atoms. The summed E-state index contributed by atoms with van der Waals surface area (Å²) in [6.07, 6.45) is 1.35. The molecule has 2 heterocycles. The van der Waals surface area contributed by atoms with Crippen LogP contribution >= 0.6 is 0 Å². The molecule has 5 nitrogen and oxygen atoms in total. The smallest absolute Gasteiger partial charge is 0.333 e. The summed E-state index contributed by atoms with van der Waals surface area (Å²) in [6, 6.07) is 0. The summed E-state index contributed by atoms with van der Waals surface area (Å²) in [6.45, 7) is 3.63. The number of hydrogen-bond acceptors (Lipinski definition) is 4. The molecule has 0 spiro atoms. The lowest BCUT2D eigenvalue weighted by Crippen LogP contribution is -2.19. The second-order valence-corrected chi connectivity index (χ2v) is 3.26. The summed E-state index contributed by atoms with van der Waals surface area (Å²) in [5.74, 6) is -0.581. The first-order chi connectivity index (χ1) is 6.61. The van der Waals surface area contributed by atoms with Gasteiger partial charge in [0.1, 0.15) is 0 Å². The normalized spacial score (nSPS) is 24.6. The molecule has 0 fully saturated rings. The zero-order valence-corrected chi connectivity index (χ0v) is 7.85. The summed E-state index contributed by atoms with van der Waals surface area (Å²) in [4.78, 5) is 14.8. The first kappa shape index (κ1) is 8.80. The maximum Gasteiger partial charge on any atom is 0.333 e. The average Bonchev–Trinajstić information content (AvgIpc) is 2.48. The topological polar surface area (TPSA) is 74.4 Å². The molecular formula is C9H9N3O2. The number of carboxylic acid groups (broad SMARTS) is 1. The van der Waals surface area contributed by atoms with Gasteiger partial charge < -0.3 is 5.11 Å². The van der Waals surface area contributed by atoms with Crippen LogP contribution in [0.3, 0.4) is 0 Å². The van der Waals surface area contributed by atoms with Crippen LogP contribution in [0.1, 0.15) is 13.8 Å². The summed E-state index contributed by atoms with van der Waals surface area (Å²) >= 11 is 0. The molecule has 0 aliphatic carbocycles. The fraction of sp³-hybridized carbons (Fsp3) is 0.333. The lowest BCUT2D eigenvalue weighted by molar-refractivity contribution is -0.133. The van der Waals surface area contributed by atoms with Gasteiger partial charge in [-0.1, -0.05) is 6.92 Å². The van der Waals surface area contributed by atoms with Crippen molar-refractivity contribution in [3.8, 4) is 0 Å². The van der Waals surface area contributed by atoms with E-state index in [9.17, 15) is 4.79 Å². The minimum absolute atomic E-state index is 0.185. The highest BCUT2D eigenvalue weighted by Crippen LogP contribution is 2.32. The number of fused-ring (bicyclic) bond motifs is 1. The molecule has 0 aromatic rings. The van der Waals surface area contributed by atoms with E-state index in [4.69, 9.17) is 5.11 Å². The predicted octanol–water partition coefficient (Wildman–Crippen LogP) is 1.74. The molecule has 72 valence electrons. The molecule has 1 atom stereocenters. The molecule has 2 aliphatic rings. The van der Waals surface area contributed by atoms with E-state index < -0.39 is 5.97 Å². The number of aliphatic imine (C=N–C) groups is 1. The number of amidine groups is 1. The lowest BCUT2D eigenvalue weighted by atomic mass is 9.90. The molecule has 0 saturated carbocycles. The fourth-order valence-electron chi connectivity index (χ4n) is 1.63. The van der Waals surface area contributed by atoms with E-state index in [-0.39, 0.29) is 11.5 Å². The molecule has 5 heteroatoms. The van der Waals surface area contributed by atoms with Crippen molar-refractivity contribution in [3.05, 3.63) is 23.0 Å². The Morgan fingerprint density at radius 2 is 2.21 bits per heavy atom. The van der Waals surface area contributed by atoms with Crippen molar-refractivity contribution in [1.29, 1.82) is 0 Å². The zero-order chi connectivity index (χ0) is 10.3. The van der Waals surface area contributed by atoms with Gasteiger partial charge in [-0.2, -0.15) is 5.11 Å². The highest BCUT2D eigenvalue weighted by Gasteiger charge is 2.30. The third kappa shape index (κ3) is 1.09. The molecular weight excluding hydrogens is 182 g/mol. The van der Waals surface area contributed by atoms with Crippen LogP contribution < -0.4 is 0 Å². The van der Waals surface area contributed by atoms with Crippen molar-refractivity contribution < 1.29 is 9.90 Å².